The smallest absolute Gasteiger partial charge is 0.338 e. The van der Waals surface area contributed by atoms with Gasteiger partial charge >= 0.3 is 5.97 Å². The number of nitrogens with zero attached hydrogens (tertiary/aromatic N) is 1. The van der Waals surface area contributed by atoms with E-state index >= 15 is 0 Å². The predicted molar refractivity (Wildman–Crippen MR) is 127 cm³/mol. The largest absolute Gasteiger partial charge is 0.463 e. The van der Waals surface area contributed by atoms with Crippen LogP contribution < -0.4 is 10.6 Å². The number of nitrogens with two attached hydrogens (primary N) is 1. The van der Waals surface area contributed by atoms with Gasteiger partial charge in [-0.1, -0.05) is 35.8 Å². The van der Waals surface area contributed by atoms with Crippen LogP contribution >= 0.6 is 27.3 Å². The van der Waals surface area contributed by atoms with Gasteiger partial charge in [0, 0.05) is 32.7 Å². The number of thiophene rings is 1. The number of benzene rings is 1. The van der Waals surface area contributed by atoms with E-state index in [9.17, 15) is 9.59 Å². The van der Waals surface area contributed by atoms with Crippen molar-refractivity contribution < 1.29 is 14.3 Å². The minimum absolute atomic E-state index is 0.0565. The summed E-state index contributed by atoms with van der Waals surface area (Å²) in [6, 6.07) is 11.6. The molecular weight excluding hydrogens is 476 g/mol. The average molecular weight is 501 g/mol. The van der Waals surface area contributed by atoms with Crippen molar-refractivity contribution in [2.75, 3.05) is 11.5 Å². The summed E-state index contributed by atoms with van der Waals surface area (Å²) >= 11 is 4.99. The number of rotatable bonds is 4. The molecule has 1 atom stereocenters. The first-order chi connectivity index (χ1) is 14.7. The third kappa shape index (κ3) is 3.96. The maximum atomic E-state index is 13.5. The number of halogens is 1. The van der Waals surface area contributed by atoms with Crippen LogP contribution in [0.2, 0.25) is 0 Å². The first-order valence-electron chi connectivity index (χ1n) is 10.3. The van der Waals surface area contributed by atoms with Crippen LogP contribution in [-0.2, 0) is 14.3 Å². The molecule has 0 amide bonds. The van der Waals surface area contributed by atoms with E-state index < -0.39 is 11.9 Å². The lowest BCUT2D eigenvalue weighted by molar-refractivity contribution is -0.138. The highest BCUT2D eigenvalue weighted by Crippen LogP contribution is 2.51. The lowest BCUT2D eigenvalue weighted by Crippen LogP contribution is -2.43. The van der Waals surface area contributed by atoms with E-state index in [2.05, 4.69) is 29.8 Å². The molecule has 2 N–H and O–H groups in total. The summed E-state index contributed by atoms with van der Waals surface area (Å²) < 4.78 is 6.34. The molecule has 1 aliphatic carbocycles. The zero-order valence-electron chi connectivity index (χ0n) is 17.8. The van der Waals surface area contributed by atoms with E-state index in [0.717, 1.165) is 20.7 Å². The fraction of sp³-hybridized carbons (Fsp3) is 0.333. The molecule has 4 rings (SSSR count). The van der Waals surface area contributed by atoms with E-state index in [1.807, 2.05) is 46.7 Å². The molecule has 0 saturated heterocycles. The van der Waals surface area contributed by atoms with Crippen molar-refractivity contribution in [1.82, 2.24) is 0 Å². The molecule has 1 aromatic carbocycles. The lowest BCUT2D eigenvalue weighted by atomic mass is 9.69. The lowest BCUT2D eigenvalue weighted by Gasteiger charge is -2.44. The second kappa shape index (κ2) is 8.28. The molecule has 0 saturated carbocycles. The number of allylic oxidation sites excluding steroid dienone is 2. The summed E-state index contributed by atoms with van der Waals surface area (Å²) in [6.07, 6.45) is 1.11. The van der Waals surface area contributed by atoms with Gasteiger partial charge in [-0.15, -0.1) is 11.3 Å². The van der Waals surface area contributed by atoms with Crippen LogP contribution in [0.25, 0.3) is 0 Å². The van der Waals surface area contributed by atoms with Gasteiger partial charge in [0.1, 0.15) is 5.82 Å². The van der Waals surface area contributed by atoms with Crippen LogP contribution in [0.1, 0.15) is 44.4 Å². The Morgan fingerprint density at radius 2 is 1.97 bits per heavy atom. The number of carbonyl (C=O) groups excluding carboxylic acids is 2. The number of ketones is 1. The minimum atomic E-state index is -0.510. The maximum absolute atomic E-state index is 13.5. The van der Waals surface area contributed by atoms with Gasteiger partial charge in [0.2, 0.25) is 0 Å². The summed E-state index contributed by atoms with van der Waals surface area (Å²) in [5.41, 5.74) is 9.18. The van der Waals surface area contributed by atoms with Crippen molar-refractivity contribution in [2.24, 2.45) is 11.1 Å². The van der Waals surface area contributed by atoms with Crippen molar-refractivity contribution in [3.63, 3.8) is 0 Å². The molecule has 2 aliphatic rings. The second-order valence-electron chi connectivity index (χ2n) is 8.58. The van der Waals surface area contributed by atoms with Gasteiger partial charge in [-0.2, -0.15) is 0 Å². The Morgan fingerprint density at radius 1 is 1.26 bits per heavy atom. The second-order valence-corrected chi connectivity index (χ2v) is 10.5. The molecule has 5 nitrogen and oxygen atoms in total. The summed E-state index contributed by atoms with van der Waals surface area (Å²) in [5.74, 6) is -0.612. The molecule has 162 valence electrons. The Morgan fingerprint density at radius 3 is 2.58 bits per heavy atom. The van der Waals surface area contributed by atoms with E-state index in [4.69, 9.17) is 10.5 Å². The summed E-state index contributed by atoms with van der Waals surface area (Å²) in [6.45, 7) is 6.19. The molecule has 0 fully saturated rings. The van der Waals surface area contributed by atoms with Crippen LogP contribution in [-0.4, -0.2) is 18.4 Å². The molecule has 7 heteroatoms. The van der Waals surface area contributed by atoms with E-state index in [0.29, 0.717) is 29.8 Å². The highest BCUT2D eigenvalue weighted by molar-refractivity contribution is 9.10. The first kappa shape index (κ1) is 21.8. The first-order valence-corrected chi connectivity index (χ1v) is 11.9. The zero-order valence-corrected chi connectivity index (χ0v) is 20.2. The number of esters is 1. The van der Waals surface area contributed by atoms with Crippen molar-refractivity contribution in [2.45, 2.75) is 39.5 Å². The Balaban J connectivity index is 2.00. The van der Waals surface area contributed by atoms with E-state index in [1.54, 1.807) is 6.92 Å². The van der Waals surface area contributed by atoms with Crippen molar-refractivity contribution in [3.8, 4) is 0 Å². The number of ether oxygens (including phenoxy) is 1. The zero-order chi connectivity index (χ0) is 22.3. The van der Waals surface area contributed by atoms with Gasteiger partial charge in [-0.25, -0.2) is 4.79 Å². The highest BCUT2D eigenvalue weighted by atomic mass is 79.9. The average Bonchev–Trinajstić information content (AvgIpc) is 3.22. The van der Waals surface area contributed by atoms with Crippen LogP contribution in [0.5, 0.6) is 0 Å². The molecule has 1 aromatic heterocycles. The van der Waals surface area contributed by atoms with Gasteiger partial charge in [0.25, 0.3) is 0 Å². The Labute approximate surface area is 194 Å². The van der Waals surface area contributed by atoms with Crippen LogP contribution in [0.15, 0.2) is 68.9 Å². The fourth-order valence-corrected chi connectivity index (χ4v) is 5.55. The summed E-state index contributed by atoms with van der Waals surface area (Å²) in [4.78, 5) is 29.4. The molecule has 0 unspecified atom stereocenters. The van der Waals surface area contributed by atoms with Crippen LogP contribution in [0.4, 0.5) is 5.69 Å². The maximum Gasteiger partial charge on any atom is 0.338 e. The standard InChI is InChI=1S/C24H25BrN2O3S/c1-4-30-23(29)21-20(18-6-5-11-31-18)19-16(12-24(2,3)13-17(19)28)27(22(21)26)15-9-7-14(25)8-10-15/h5-11,20H,4,12-13,26H2,1-3H3/t20-/m1/s1. The SMILES string of the molecule is CCOC(=O)C1=C(N)N(c2ccc(Br)cc2)C2=C(C(=O)CC(C)(C)C2)[C@H]1c1cccs1. The molecule has 2 heterocycles. The molecule has 0 spiro atoms. The minimum Gasteiger partial charge on any atom is -0.463 e. The van der Waals surface area contributed by atoms with Gasteiger partial charge in [0.15, 0.2) is 5.78 Å². The molecule has 0 radical (unpaired) electrons. The van der Waals surface area contributed by atoms with Crippen molar-refractivity contribution >= 4 is 44.7 Å². The van der Waals surface area contributed by atoms with Crippen molar-refractivity contribution in [1.29, 1.82) is 0 Å². The Hall–Kier alpha value is -2.38. The summed E-state index contributed by atoms with van der Waals surface area (Å²) in [7, 11) is 0. The van der Waals surface area contributed by atoms with Gasteiger partial charge in [-0.05, 0) is 54.5 Å². The quantitative estimate of drug-likeness (QED) is 0.561. The van der Waals surface area contributed by atoms with Crippen LogP contribution in [0, 0.1) is 5.41 Å². The topological polar surface area (TPSA) is 72.6 Å². The normalized spacial score (nSPS) is 20.7. The molecule has 0 bridgehead atoms. The molecule has 2 aromatic rings. The Kier molecular flexibility index (Phi) is 5.83. The van der Waals surface area contributed by atoms with Crippen molar-refractivity contribution in [3.05, 3.63) is 73.8 Å². The van der Waals surface area contributed by atoms with E-state index in [-0.39, 0.29) is 17.8 Å². The van der Waals surface area contributed by atoms with Gasteiger partial charge < -0.3 is 10.5 Å². The number of Topliss-reactive ketones (excluding diaryl/α,β-unsaturated/α-hetero) is 1. The van der Waals surface area contributed by atoms with E-state index in [1.165, 1.54) is 11.3 Å². The predicted octanol–water partition coefficient (Wildman–Crippen LogP) is 5.49. The third-order valence-corrected chi connectivity index (χ3v) is 7.13. The Bertz CT molecular complexity index is 1080. The highest BCUT2D eigenvalue weighted by Gasteiger charge is 2.46. The van der Waals surface area contributed by atoms with Crippen LogP contribution in [0.3, 0.4) is 0 Å². The number of hydrogen-bond donors (Lipinski definition) is 1. The number of anilines is 1. The monoisotopic (exact) mass is 500 g/mol. The molecule has 1 aliphatic heterocycles. The number of carbonyl (C=O) groups is 2. The van der Waals surface area contributed by atoms with Gasteiger partial charge in [0.05, 0.1) is 18.1 Å². The van der Waals surface area contributed by atoms with Gasteiger partial charge in [-0.3, -0.25) is 9.69 Å². The molecular formula is C24H25BrN2O3S. The molecule has 31 heavy (non-hydrogen) atoms. The third-order valence-electron chi connectivity index (χ3n) is 5.67. The fourth-order valence-electron chi connectivity index (χ4n) is 4.44. The summed E-state index contributed by atoms with van der Waals surface area (Å²) in [5, 5.41) is 1.95. The number of hydrogen-bond acceptors (Lipinski definition) is 6.